The zero-order valence-electron chi connectivity index (χ0n) is 9.84. The summed E-state index contributed by atoms with van der Waals surface area (Å²) in [6.45, 7) is 2.53. The number of fused-ring (bicyclic) bond motifs is 2. The van der Waals surface area contributed by atoms with Gasteiger partial charge in [-0.3, -0.25) is 0 Å². The molecule has 15 heavy (non-hydrogen) atoms. The highest BCUT2D eigenvalue weighted by Gasteiger charge is 2.46. The van der Waals surface area contributed by atoms with Gasteiger partial charge in [-0.25, -0.2) is 0 Å². The molecule has 3 aliphatic rings. The number of alkyl halides is 1. The standard InChI is InChI=1S/C14H23Br/c1-14(9-15,13-4-5-13)8-12-7-10-2-3-11(12)6-10/h10-13H,2-9H2,1H3. The molecule has 0 N–H and O–H groups in total. The summed E-state index contributed by atoms with van der Waals surface area (Å²) >= 11 is 3.77. The number of halogens is 1. The lowest BCUT2D eigenvalue weighted by Gasteiger charge is -2.34. The van der Waals surface area contributed by atoms with E-state index in [0.717, 1.165) is 23.7 Å². The Labute approximate surface area is 102 Å². The van der Waals surface area contributed by atoms with Crippen LogP contribution in [0.25, 0.3) is 0 Å². The first-order chi connectivity index (χ1) is 7.21. The molecule has 3 saturated carbocycles. The molecule has 0 aromatic carbocycles. The van der Waals surface area contributed by atoms with Crippen molar-refractivity contribution in [2.24, 2.45) is 29.1 Å². The fourth-order valence-electron chi connectivity index (χ4n) is 4.34. The minimum atomic E-state index is 0.634. The monoisotopic (exact) mass is 270 g/mol. The first-order valence-electron chi connectivity index (χ1n) is 6.77. The van der Waals surface area contributed by atoms with E-state index in [4.69, 9.17) is 0 Å². The van der Waals surface area contributed by atoms with Gasteiger partial charge in [0.05, 0.1) is 0 Å². The molecule has 4 unspecified atom stereocenters. The summed E-state index contributed by atoms with van der Waals surface area (Å²) in [6, 6.07) is 0. The van der Waals surface area contributed by atoms with Crippen molar-refractivity contribution in [3.63, 3.8) is 0 Å². The van der Waals surface area contributed by atoms with Crippen LogP contribution in [0, 0.1) is 29.1 Å². The second-order valence-corrected chi connectivity index (χ2v) is 7.26. The van der Waals surface area contributed by atoms with Crippen molar-refractivity contribution < 1.29 is 0 Å². The third kappa shape index (κ3) is 1.90. The highest BCUT2D eigenvalue weighted by atomic mass is 79.9. The van der Waals surface area contributed by atoms with Crippen LogP contribution in [0.1, 0.15) is 51.9 Å². The number of hydrogen-bond acceptors (Lipinski definition) is 0. The van der Waals surface area contributed by atoms with Gasteiger partial charge in [-0.2, -0.15) is 0 Å². The predicted octanol–water partition coefficient (Wildman–Crippen LogP) is 4.62. The van der Waals surface area contributed by atoms with Gasteiger partial charge in [-0.15, -0.1) is 0 Å². The van der Waals surface area contributed by atoms with E-state index >= 15 is 0 Å². The quantitative estimate of drug-likeness (QED) is 0.654. The Morgan fingerprint density at radius 2 is 1.93 bits per heavy atom. The molecule has 0 heterocycles. The molecule has 0 nitrogen and oxygen atoms in total. The van der Waals surface area contributed by atoms with Crippen molar-refractivity contribution in [1.29, 1.82) is 0 Å². The van der Waals surface area contributed by atoms with Crippen LogP contribution in [-0.4, -0.2) is 5.33 Å². The molecular weight excluding hydrogens is 248 g/mol. The minimum absolute atomic E-state index is 0.634. The van der Waals surface area contributed by atoms with E-state index in [0.29, 0.717) is 5.41 Å². The Kier molecular flexibility index (Phi) is 2.66. The largest absolute Gasteiger partial charge is 0.0922 e. The van der Waals surface area contributed by atoms with Gasteiger partial charge in [0.1, 0.15) is 0 Å². The normalized spacial score (nSPS) is 43.2. The van der Waals surface area contributed by atoms with E-state index in [2.05, 4.69) is 22.9 Å². The van der Waals surface area contributed by atoms with E-state index in [9.17, 15) is 0 Å². The molecule has 86 valence electrons. The highest BCUT2D eigenvalue weighted by Crippen LogP contribution is 2.56. The Morgan fingerprint density at radius 3 is 2.40 bits per heavy atom. The van der Waals surface area contributed by atoms with Crippen molar-refractivity contribution in [2.75, 3.05) is 5.33 Å². The molecule has 3 rings (SSSR count). The number of rotatable bonds is 4. The van der Waals surface area contributed by atoms with Crippen LogP contribution in [0.3, 0.4) is 0 Å². The molecule has 3 fully saturated rings. The summed E-state index contributed by atoms with van der Waals surface area (Å²) in [5.74, 6) is 4.38. The molecule has 0 amide bonds. The molecule has 1 heteroatoms. The topological polar surface area (TPSA) is 0 Å². The zero-order valence-corrected chi connectivity index (χ0v) is 11.4. The number of hydrogen-bond donors (Lipinski definition) is 0. The Morgan fingerprint density at radius 1 is 1.13 bits per heavy atom. The maximum atomic E-state index is 3.77. The van der Waals surface area contributed by atoms with Crippen LogP contribution in [-0.2, 0) is 0 Å². The van der Waals surface area contributed by atoms with Crippen molar-refractivity contribution >= 4 is 15.9 Å². The van der Waals surface area contributed by atoms with Crippen molar-refractivity contribution in [2.45, 2.75) is 51.9 Å². The highest BCUT2D eigenvalue weighted by molar-refractivity contribution is 9.09. The van der Waals surface area contributed by atoms with E-state index in [1.165, 1.54) is 24.6 Å². The molecule has 0 saturated heterocycles. The van der Waals surface area contributed by atoms with Gasteiger partial charge in [-0.05, 0) is 67.6 Å². The summed E-state index contributed by atoms with van der Waals surface area (Å²) in [4.78, 5) is 0. The molecule has 0 aromatic heterocycles. The van der Waals surface area contributed by atoms with Crippen LogP contribution in [0.2, 0.25) is 0 Å². The maximum Gasteiger partial charge on any atom is 0.00880 e. The maximum absolute atomic E-state index is 3.77. The van der Waals surface area contributed by atoms with Gasteiger partial charge in [0.2, 0.25) is 0 Å². The lowest BCUT2D eigenvalue weighted by atomic mass is 9.73. The fraction of sp³-hybridized carbons (Fsp3) is 1.00. The average Bonchev–Trinajstić information content (AvgIpc) is 2.92. The molecular formula is C14H23Br. The van der Waals surface area contributed by atoms with E-state index in [1.54, 1.807) is 25.7 Å². The third-order valence-electron chi connectivity index (χ3n) is 5.48. The molecule has 0 aliphatic heterocycles. The van der Waals surface area contributed by atoms with Gasteiger partial charge in [0, 0.05) is 5.33 Å². The Balaban J connectivity index is 1.64. The van der Waals surface area contributed by atoms with E-state index in [-0.39, 0.29) is 0 Å². The minimum Gasteiger partial charge on any atom is -0.0922 e. The molecule has 0 spiro atoms. The summed E-state index contributed by atoms with van der Waals surface area (Å²) in [7, 11) is 0. The zero-order chi connectivity index (χ0) is 10.5. The van der Waals surface area contributed by atoms with Crippen molar-refractivity contribution in [1.82, 2.24) is 0 Å². The summed E-state index contributed by atoms with van der Waals surface area (Å²) in [5, 5.41) is 1.23. The predicted molar refractivity (Wildman–Crippen MR) is 68.2 cm³/mol. The first kappa shape index (κ1) is 10.6. The Bertz CT molecular complexity index is 246. The molecule has 4 atom stereocenters. The van der Waals surface area contributed by atoms with E-state index in [1.807, 2.05) is 0 Å². The molecule has 0 radical (unpaired) electrons. The Hall–Kier alpha value is 0.480. The SMILES string of the molecule is CC(CBr)(CC1CC2CCC1C2)C1CC1. The average molecular weight is 271 g/mol. The molecule has 0 aromatic rings. The van der Waals surface area contributed by atoms with Gasteiger partial charge in [0.15, 0.2) is 0 Å². The van der Waals surface area contributed by atoms with E-state index < -0.39 is 0 Å². The third-order valence-corrected chi connectivity index (χ3v) is 6.76. The molecule has 2 bridgehead atoms. The first-order valence-corrected chi connectivity index (χ1v) is 7.89. The lowest BCUT2D eigenvalue weighted by molar-refractivity contribution is 0.189. The second kappa shape index (κ2) is 3.75. The van der Waals surface area contributed by atoms with Crippen molar-refractivity contribution in [3.8, 4) is 0 Å². The van der Waals surface area contributed by atoms with Crippen LogP contribution < -0.4 is 0 Å². The molecule has 3 aliphatic carbocycles. The van der Waals surface area contributed by atoms with Crippen LogP contribution in [0.15, 0.2) is 0 Å². The van der Waals surface area contributed by atoms with Gasteiger partial charge < -0.3 is 0 Å². The lowest BCUT2D eigenvalue weighted by Crippen LogP contribution is -2.27. The van der Waals surface area contributed by atoms with Crippen LogP contribution >= 0.6 is 15.9 Å². The summed E-state index contributed by atoms with van der Waals surface area (Å²) < 4.78 is 0. The van der Waals surface area contributed by atoms with Gasteiger partial charge >= 0.3 is 0 Å². The van der Waals surface area contributed by atoms with Gasteiger partial charge in [-0.1, -0.05) is 29.3 Å². The second-order valence-electron chi connectivity index (χ2n) is 6.70. The van der Waals surface area contributed by atoms with Crippen LogP contribution in [0.5, 0.6) is 0 Å². The van der Waals surface area contributed by atoms with Crippen LogP contribution in [0.4, 0.5) is 0 Å². The van der Waals surface area contributed by atoms with Gasteiger partial charge in [0.25, 0.3) is 0 Å². The smallest absolute Gasteiger partial charge is 0.00880 e. The summed E-state index contributed by atoms with van der Waals surface area (Å²) in [5.41, 5.74) is 0.634. The summed E-state index contributed by atoms with van der Waals surface area (Å²) in [6.07, 6.45) is 10.8. The van der Waals surface area contributed by atoms with Crippen molar-refractivity contribution in [3.05, 3.63) is 0 Å². The fourth-order valence-corrected chi connectivity index (χ4v) is 5.02.